The van der Waals surface area contributed by atoms with Gasteiger partial charge in [-0.15, -0.1) is 0 Å². The van der Waals surface area contributed by atoms with Crippen LogP contribution in [-0.4, -0.2) is 30.2 Å². The van der Waals surface area contributed by atoms with E-state index in [4.69, 9.17) is 12.2 Å². The smallest absolute Gasteiger partial charge is 0.222 e. The first-order chi connectivity index (χ1) is 8.02. The van der Waals surface area contributed by atoms with Crippen molar-refractivity contribution in [3.05, 3.63) is 0 Å². The van der Waals surface area contributed by atoms with Crippen LogP contribution in [0.4, 0.5) is 0 Å². The third-order valence-corrected chi connectivity index (χ3v) is 3.34. The first-order valence-electron chi connectivity index (χ1n) is 6.31. The highest BCUT2D eigenvalue weighted by Gasteiger charge is 2.25. The molecule has 5 heteroatoms. The van der Waals surface area contributed by atoms with Gasteiger partial charge >= 0.3 is 0 Å². The van der Waals surface area contributed by atoms with Gasteiger partial charge in [-0.05, 0) is 51.7 Å². The van der Waals surface area contributed by atoms with E-state index in [0.717, 1.165) is 30.8 Å². The minimum atomic E-state index is 0.173. The molecule has 1 aliphatic carbocycles. The zero-order chi connectivity index (χ0) is 12.8. The van der Waals surface area contributed by atoms with E-state index in [1.807, 2.05) is 0 Å². The molecule has 4 nitrogen and oxygen atoms in total. The zero-order valence-electron chi connectivity index (χ0n) is 10.9. The first kappa shape index (κ1) is 14.2. The van der Waals surface area contributed by atoms with Crippen LogP contribution in [-0.2, 0) is 4.79 Å². The molecule has 1 fully saturated rings. The lowest BCUT2D eigenvalue weighted by Gasteiger charge is -2.29. The number of nitrogens with one attached hydrogen (secondary N) is 3. The molecule has 0 aromatic rings. The monoisotopic (exact) mass is 257 g/mol. The maximum Gasteiger partial charge on any atom is 0.222 e. The number of hydrogen-bond donors (Lipinski definition) is 3. The van der Waals surface area contributed by atoms with Gasteiger partial charge in [0.25, 0.3) is 0 Å². The van der Waals surface area contributed by atoms with E-state index in [1.54, 1.807) is 7.05 Å². The van der Waals surface area contributed by atoms with Gasteiger partial charge in [-0.1, -0.05) is 0 Å². The summed E-state index contributed by atoms with van der Waals surface area (Å²) in [5.74, 6) is 0.357. The summed E-state index contributed by atoms with van der Waals surface area (Å²) in [4.78, 5) is 11.5. The van der Waals surface area contributed by atoms with Gasteiger partial charge in [0.1, 0.15) is 0 Å². The van der Waals surface area contributed by atoms with Crippen molar-refractivity contribution in [3.63, 3.8) is 0 Å². The van der Waals surface area contributed by atoms with Crippen LogP contribution in [0.3, 0.4) is 0 Å². The molecule has 0 spiro atoms. The molecule has 0 radical (unpaired) electrons. The van der Waals surface area contributed by atoms with Crippen LogP contribution in [0, 0.1) is 5.92 Å². The molecule has 0 atom stereocenters. The van der Waals surface area contributed by atoms with Crippen molar-refractivity contribution in [1.82, 2.24) is 16.0 Å². The molecule has 1 amide bonds. The number of thiocarbonyl (C=S) groups is 1. The number of amides is 1. The van der Waals surface area contributed by atoms with Crippen LogP contribution >= 0.6 is 12.2 Å². The molecule has 0 unspecified atom stereocenters. The molecule has 0 aliphatic heterocycles. The molecule has 0 aromatic heterocycles. The Hall–Kier alpha value is -0.840. The lowest BCUT2D eigenvalue weighted by Crippen LogP contribution is -2.46. The summed E-state index contributed by atoms with van der Waals surface area (Å²) in [7, 11) is 1.70. The summed E-state index contributed by atoms with van der Waals surface area (Å²) in [5, 5.41) is 9.94. The molecule has 98 valence electrons. The molecule has 0 bridgehead atoms. The topological polar surface area (TPSA) is 53.2 Å². The molecule has 0 saturated heterocycles. The largest absolute Gasteiger partial charge is 0.361 e. The second-order valence-electron chi connectivity index (χ2n) is 4.94. The van der Waals surface area contributed by atoms with Crippen molar-refractivity contribution < 1.29 is 4.79 Å². The molecular formula is C12H23N3OS. The van der Waals surface area contributed by atoms with E-state index in [9.17, 15) is 4.79 Å². The zero-order valence-corrected chi connectivity index (χ0v) is 11.7. The molecule has 1 saturated carbocycles. The third-order valence-electron chi connectivity index (χ3n) is 3.10. The Morgan fingerprint density at radius 1 is 1.24 bits per heavy atom. The van der Waals surface area contributed by atoms with Crippen LogP contribution in [0.15, 0.2) is 0 Å². The summed E-state index contributed by atoms with van der Waals surface area (Å²) in [6.45, 7) is 4.13. The maximum atomic E-state index is 11.5. The summed E-state index contributed by atoms with van der Waals surface area (Å²) < 4.78 is 0. The maximum absolute atomic E-state index is 11.5. The van der Waals surface area contributed by atoms with Crippen LogP contribution in [0.2, 0.25) is 0 Å². The van der Waals surface area contributed by atoms with Crippen molar-refractivity contribution in [3.8, 4) is 0 Å². The van der Waals surface area contributed by atoms with Crippen LogP contribution in [0.1, 0.15) is 39.5 Å². The second-order valence-corrected chi connectivity index (χ2v) is 5.34. The Kier molecular flexibility index (Phi) is 5.68. The van der Waals surface area contributed by atoms with E-state index in [-0.39, 0.29) is 11.8 Å². The highest BCUT2D eigenvalue weighted by Crippen LogP contribution is 2.24. The molecular weight excluding hydrogens is 234 g/mol. The summed E-state index contributed by atoms with van der Waals surface area (Å²) in [5.41, 5.74) is 0. The summed E-state index contributed by atoms with van der Waals surface area (Å²) in [6.07, 6.45) is 3.92. The number of carbonyl (C=O) groups excluding carboxylic acids is 1. The second kappa shape index (κ2) is 6.79. The minimum Gasteiger partial charge on any atom is -0.361 e. The predicted octanol–water partition coefficient (Wildman–Crippen LogP) is 1.16. The molecule has 3 N–H and O–H groups in total. The lowest BCUT2D eigenvalue weighted by atomic mass is 9.85. The van der Waals surface area contributed by atoms with Crippen LogP contribution < -0.4 is 16.0 Å². The van der Waals surface area contributed by atoms with E-state index in [1.165, 1.54) is 0 Å². The highest BCUT2D eigenvalue weighted by atomic mass is 32.1. The molecule has 1 rings (SSSR count). The van der Waals surface area contributed by atoms with Gasteiger partial charge in [0, 0.05) is 25.0 Å². The first-order valence-corrected chi connectivity index (χ1v) is 6.72. The van der Waals surface area contributed by atoms with E-state index < -0.39 is 0 Å². The Labute approximate surface area is 109 Å². The Morgan fingerprint density at radius 3 is 2.29 bits per heavy atom. The van der Waals surface area contributed by atoms with Gasteiger partial charge in [-0.2, -0.15) is 0 Å². The molecule has 17 heavy (non-hydrogen) atoms. The quantitative estimate of drug-likeness (QED) is 0.664. The molecule has 0 aromatic carbocycles. The van der Waals surface area contributed by atoms with Crippen LogP contribution in [0.5, 0.6) is 0 Å². The highest BCUT2D eigenvalue weighted by molar-refractivity contribution is 7.80. The minimum absolute atomic E-state index is 0.173. The van der Waals surface area contributed by atoms with Crippen molar-refractivity contribution in [2.75, 3.05) is 7.05 Å². The number of rotatable bonds is 3. The average Bonchev–Trinajstić information content (AvgIpc) is 2.28. The van der Waals surface area contributed by atoms with E-state index in [0.29, 0.717) is 12.1 Å². The molecule has 1 aliphatic rings. The van der Waals surface area contributed by atoms with Gasteiger partial charge in [0.2, 0.25) is 5.91 Å². The number of carbonyl (C=O) groups is 1. The van der Waals surface area contributed by atoms with Crippen molar-refractivity contribution in [2.45, 2.75) is 51.6 Å². The van der Waals surface area contributed by atoms with Gasteiger partial charge < -0.3 is 16.0 Å². The Balaban J connectivity index is 2.27. The van der Waals surface area contributed by atoms with Gasteiger partial charge in [0.05, 0.1) is 0 Å². The average molecular weight is 257 g/mol. The van der Waals surface area contributed by atoms with Gasteiger partial charge in [-0.25, -0.2) is 0 Å². The normalized spacial score (nSPS) is 24.2. The van der Waals surface area contributed by atoms with Crippen molar-refractivity contribution in [1.29, 1.82) is 0 Å². The van der Waals surface area contributed by atoms with Crippen molar-refractivity contribution in [2.24, 2.45) is 5.92 Å². The Bertz CT molecular complexity index is 273. The standard InChI is InChI=1S/C12H23N3OS/c1-8(2)14-12(17)15-10-6-4-9(5-7-10)11(16)13-3/h8-10H,4-7H2,1-3H3,(H,13,16)(H2,14,15,17). The van der Waals surface area contributed by atoms with Gasteiger partial charge in [-0.3, -0.25) is 4.79 Å². The SMILES string of the molecule is CNC(=O)C1CCC(NC(=S)NC(C)C)CC1. The summed E-state index contributed by atoms with van der Waals surface area (Å²) >= 11 is 5.21. The van der Waals surface area contributed by atoms with E-state index in [2.05, 4.69) is 29.8 Å². The predicted molar refractivity (Wildman–Crippen MR) is 73.8 cm³/mol. The Morgan fingerprint density at radius 2 is 1.82 bits per heavy atom. The lowest BCUT2D eigenvalue weighted by molar-refractivity contribution is -0.125. The fourth-order valence-electron chi connectivity index (χ4n) is 2.19. The van der Waals surface area contributed by atoms with Gasteiger partial charge in [0.15, 0.2) is 5.11 Å². The van der Waals surface area contributed by atoms with Crippen molar-refractivity contribution >= 4 is 23.2 Å². The number of hydrogen-bond acceptors (Lipinski definition) is 2. The fraction of sp³-hybridized carbons (Fsp3) is 0.833. The molecule has 0 heterocycles. The van der Waals surface area contributed by atoms with E-state index >= 15 is 0 Å². The third kappa shape index (κ3) is 4.89. The summed E-state index contributed by atoms with van der Waals surface area (Å²) in [6, 6.07) is 0.770. The van der Waals surface area contributed by atoms with Crippen LogP contribution in [0.25, 0.3) is 0 Å². The fourth-order valence-corrected chi connectivity index (χ4v) is 2.60.